The predicted octanol–water partition coefficient (Wildman–Crippen LogP) is 4.92. The van der Waals surface area contributed by atoms with Crippen LogP contribution in [0.4, 0.5) is 10.1 Å². The lowest BCUT2D eigenvalue weighted by Crippen LogP contribution is -2.19. The number of rotatable bonds is 2. The van der Waals surface area contributed by atoms with Gasteiger partial charge in [-0.2, -0.15) is 0 Å². The number of hydrogen-bond acceptors (Lipinski definition) is 4. The lowest BCUT2D eigenvalue weighted by Gasteiger charge is -2.01. The second-order valence-electron chi connectivity index (χ2n) is 5.50. The Bertz CT molecular complexity index is 1090. The van der Waals surface area contributed by atoms with Gasteiger partial charge in [0.05, 0.1) is 21.1 Å². The lowest BCUT2D eigenvalue weighted by molar-refractivity contribution is -0.115. The van der Waals surface area contributed by atoms with Gasteiger partial charge in [0, 0.05) is 23.2 Å². The number of para-hydroxylation sites is 1. The highest BCUT2D eigenvalue weighted by atomic mass is 35.5. The van der Waals surface area contributed by atoms with Gasteiger partial charge >= 0.3 is 0 Å². The molecule has 0 unspecified atom stereocenters. The van der Waals surface area contributed by atoms with E-state index in [0.717, 1.165) is 16.5 Å². The van der Waals surface area contributed by atoms with Crippen LogP contribution in [0.2, 0.25) is 5.02 Å². The molecule has 128 valence electrons. The molecule has 0 atom stereocenters. The molecular weight excluding hydrogens is 373 g/mol. The van der Waals surface area contributed by atoms with Crippen LogP contribution < -0.4 is 5.32 Å². The van der Waals surface area contributed by atoms with Gasteiger partial charge < -0.3 is 5.32 Å². The summed E-state index contributed by atoms with van der Waals surface area (Å²) in [5.74, 6) is -0.713. The van der Waals surface area contributed by atoms with Crippen molar-refractivity contribution in [3.05, 3.63) is 76.0 Å². The van der Waals surface area contributed by atoms with E-state index in [2.05, 4.69) is 15.3 Å². The number of amides is 1. The van der Waals surface area contributed by atoms with E-state index in [4.69, 9.17) is 11.6 Å². The Morgan fingerprint density at radius 2 is 2.04 bits per heavy atom. The molecule has 4 nitrogen and oxygen atoms in total. The molecule has 0 saturated carbocycles. The van der Waals surface area contributed by atoms with E-state index < -0.39 is 5.82 Å². The van der Waals surface area contributed by atoms with Crippen molar-refractivity contribution in [2.75, 3.05) is 0 Å². The smallest absolute Gasteiger partial charge is 0.264 e. The van der Waals surface area contributed by atoms with Gasteiger partial charge in [-0.05, 0) is 36.0 Å². The second-order valence-corrected chi connectivity index (χ2v) is 6.94. The summed E-state index contributed by atoms with van der Waals surface area (Å²) >= 11 is 7.20. The molecule has 0 spiro atoms. The minimum Gasteiger partial charge on any atom is -0.300 e. The van der Waals surface area contributed by atoms with Crippen molar-refractivity contribution in [3.8, 4) is 0 Å². The van der Waals surface area contributed by atoms with E-state index in [1.807, 2.05) is 30.3 Å². The van der Waals surface area contributed by atoms with Crippen molar-refractivity contribution < 1.29 is 9.18 Å². The SMILES string of the molecule is O=C1NC(=Nc2cc(F)ccc2Cl)SC1=Cc1cccc2cccnc12. The maximum absolute atomic E-state index is 13.4. The maximum Gasteiger partial charge on any atom is 0.264 e. The molecule has 1 N–H and O–H groups in total. The predicted molar refractivity (Wildman–Crippen MR) is 104 cm³/mol. The third kappa shape index (κ3) is 3.34. The molecule has 4 rings (SSSR count). The van der Waals surface area contributed by atoms with Crippen LogP contribution in [-0.4, -0.2) is 16.1 Å². The summed E-state index contributed by atoms with van der Waals surface area (Å²) in [6.07, 6.45) is 3.48. The number of aliphatic imine (C=N–C) groups is 1. The lowest BCUT2D eigenvalue weighted by atomic mass is 10.1. The first kappa shape index (κ1) is 16.8. The summed E-state index contributed by atoms with van der Waals surface area (Å²) in [5, 5.41) is 4.32. The quantitative estimate of drug-likeness (QED) is 0.639. The van der Waals surface area contributed by atoms with Gasteiger partial charge in [0.1, 0.15) is 5.82 Å². The number of pyridine rings is 1. The Hall–Kier alpha value is -2.70. The van der Waals surface area contributed by atoms with Gasteiger partial charge in [-0.25, -0.2) is 9.38 Å². The molecular formula is C19H11ClFN3OS. The molecule has 1 aromatic heterocycles. The summed E-state index contributed by atoms with van der Waals surface area (Å²) in [5.41, 5.74) is 1.92. The van der Waals surface area contributed by atoms with Crippen molar-refractivity contribution in [3.63, 3.8) is 0 Å². The fraction of sp³-hybridized carbons (Fsp3) is 0. The molecule has 1 aliphatic rings. The molecule has 2 heterocycles. The molecule has 1 amide bonds. The largest absolute Gasteiger partial charge is 0.300 e. The zero-order chi connectivity index (χ0) is 18.1. The number of thioether (sulfide) groups is 1. The fourth-order valence-electron chi connectivity index (χ4n) is 2.55. The average Bonchev–Trinajstić information content (AvgIpc) is 2.98. The van der Waals surface area contributed by atoms with Crippen LogP contribution in [0.25, 0.3) is 17.0 Å². The van der Waals surface area contributed by atoms with E-state index in [1.165, 1.54) is 30.0 Å². The van der Waals surface area contributed by atoms with Crippen molar-refractivity contribution in [2.45, 2.75) is 0 Å². The number of carbonyl (C=O) groups is 1. The summed E-state index contributed by atoms with van der Waals surface area (Å²) in [7, 11) is 0. The molecule has 1 aliphatic heterocycles. The van der Waals surface area contributed by atoms with Crippen LogP contribution in [0.3, 0.4) is 0 Å². The number of aromatic nitrogens is 1. The first-order valence-corrected chi connectivity index (χ1v) is 8.88. The molecule has 2 aromatic carbocycles. The molecule has 0 radical (unpaired) electrons. The fourth-order valence-corrected chi connectivity index (χ4v) is 3.53. The number of nitrogens with zero attached hydrogens (tertiary/aromatic N) is 2. The summed E-state index contributed by atoms with van der Waals surface area (Å²) in [6, 6.07) is 13.5. The number of amidine groups is 1. The van der Waals surface area contributed by atoms with Crippen LogP contribution in [0.1, 0.15) is 5.56 Å². The molecule has 7 heteroatoms. The Balaban J connectivity index is 1.69. The Morgan fingerprint density at radius 3 is 2.92 bits per heavy atom. The van der Waals surface area contributed by atoms with E-state index in [-0.39, 0.29) is 11.6 Å². The van der Waals surface area contributed by atoms with E-state index in [9.17, 15) is 9.18 Å². The number of hydrogen-bond donors (Lipinski definition) is 1. The van der Waals surface area contributed by atoms with Gasteiger partial charge in [-0.1, -0.05) is 35.9 Å². The Kier molecular flexibility index (Phi) is 4.44. The number of halogens is 2. The standard InChI is InChI=1S/C19H11ClFN3OS/c20-14-7-6-13(21)10-15(14)23-19-24-18(25)16(26-19)9-12-4-1-3-11-5-2-8-22-17(11)12/h1-10H,(H,23,24,25). The van der Waals surface area contributed by atoms with Crippen LogP contribution >= 0.6 is 23.4 Å². The Morgan fingerprint density at radius 1 is 1.19 bits per heavy atom. The van der Waals surface area contributed by atoms with Crippen molar-refractivity contribution in [2.24, 2.45) is 4.99 Å². The maximum atomic E-state index is 13.4. The average molecular weight is 384 g/mol. The highest BCUT2D eigenvalue weighted by Gasteiger charge is 2.24. The third-order valence-electron chi connectivity index (χ3n) is 3.73. The highest BCUT2D eigenvalue weighted by Crippen LogP contribution is 2.32. The van der Waals surface area contributed by atoms with Crippen molar-refractivity contribution in [1.29, 1.82) is 0 Å². The van der Waals surface area contributed by atoms with E-state index in [0.29, 0.717) is 15.1 Å². The normalized spacial score (nSPS) is 17.2. The summed E-state index contributed by atoms with van der Waals surface area (Å²) in [6.45, 7) is 0. The Labute approximate surface area is 157 Å². The topological polar surface area (TPSA) is 54.4 Å². The molecule has 0 bridgehead atoms. The van der Waals surface area contributed by atoms with Crippen LogP contribution in [0, 0.1) is 5.82 Å². The molecule has 26 heavy (non-hydrogen) atoms. The van der Waals surface area contributed by atoms with Crippen LogP contribution in [-0.2, 0) is 4.79 Å². The number of fused-ring (bicyclic) bond motifs is 1. The molecule has 1 fully saturated rings. The zero-order valence-corrected chi connectivity index (χ0v) is 14.8. The number of carbonyl (C=O) groups excluding carboxylic acids is 1. The van der Waals surface area contributed by atoms with E-state index >= 15 is 0 Å². The summed E-state index contributed by atoms with van der Waals surface area (Å²) < 4.78 is 13.4. The molecule has 3 aromatic rings. The van der Waals surface area contributed by atoms with Gasteiger partial charge in [-0.15, -0.1) is 0 Å². The van der Waals surface area contributed by atoms with Gasteiger partial charge in [0.15, 0.2) is 5.17 Å². The van der Waals surface area contributed by atoms with Gasteiger partial charge in [0.25, 0.3) is 5.91 Å². The molecule has 0 aliphatic carbocycles. The number of benzene rings is 2. The zero-order valence-electron chi connectivity index (χ0n) is 13.2. The first-order valence-electron chi connectivity index (χ1n) is 7.68. The van der Waals surface area contributed by atoms with Gasteiger partial charge in [0.2, 0.25) is 0 Å². The first-order chi connectivity index (χ1) is 12.6. The van der Waals surface area contributed by atoms with Crippen molar-refractivity contribution in [1.82, 2.24) is 10.3 Å². The van der Waals surface area contributed by atoms with Gasteiger partial charge in [-0.3, -0.25) is 9.78 Å². The summed E-state index contributed by atoms with van der Waals surface area (Å²) in [4.78, 5) is 21.4. The van der Waals surface area contributed by atoms with E-state index in [1.54, 1.807) is 12.3 Å². The second kappa shape index (κ2) is 6.90. The monoisotopic (exact) mass is 383 g/mol. The van der Waals surface area contributed by atoms with Crippen LogP contribution in [0.15, 0.2) is 64.6 Å². The minimum atomic E-state index is -0.444. The highest BCUT2D eigenvalue weighted by molar-refractivity contribution is 8.18. The van der Waals surface area contributed by atoms with Crippen LogP contribution in [0.5, 0.6) is 0 Å². The third-order valence-corrected chi connectivity index (χ3v) is 4.96. The minimum absolute atomic E-state index is 0.266. The van der Waals surface area contributed by atoms with Crippen molar-refractivity contribution >= 4 is 57.1 Å². The number of nitrogens with one attached hydrogen (secondary N) is 1. The molecule has 1 saturated heterocycles.